The molecule has 8 nitrogen and oxygen atoms in total. The number of nitrogens with one attached hydrogen (secondary N) is 1. The molecule has 0 radical (unpaired) electrons. The zero-order valence-electron chi connectivity index (χ0n) is 18.0. The van der Waals surface area contributed by atoms with Gasteiger partial charge < -0.3 is 11.1 Å². The quantitative estimate of drug-likeness (QED) is 0.491. The Hall–Kier alpha value is -2.94. The second-order valence-corrected chi connectivity index (χ2v) is 7.00. The molecule has 0 spiro atoms. The molecule has 172 valence electrons. The van der Waals surface area contributed by atoms with Gasteiger partial charge in [-0.1, -0.05) is 37.3 Å². The first-order chi connectivity index (χ1) is 14.5. The molecule has 10 heteroatoms. The number of benzene rings is 1. The molecule has 3 rings (SSSR count). The van der Waals surface area contributed by atoms with E-state index in [1.165, 1.54) is 0 Å². The molecule has 0 saturated heterocycles. The summed E-state index contributed by atoms with van der Waals surface area (Å²) in [5.41, 5.74) is 8.06. The lowest BCUT2D eigenvalue weighted by Crippen LogP contribution is -2.48. The first-order valence-corrected chi connectivity index (χ1v) is 9.79. The molecule has 0 unspecified atom stereocenters. The van der Waals surface area contributed by atoms with E-state index in [-0.39, 0.29) is 37.3 Å². The average molecular weight is 479 g/mol. The van der Waals surface area contributed by atoms with Crippen LogP contribution in [-0.4, -0.2) is 50.6 Å². The summed E-state index contributed by atoms with van der Waals surface area (Å²) < 4.78 is 1.62. The van der Waals surface area contributed by atoms with Crippen molar-refractivity contribution >= 4 is 42.4 Å². The van der Waals surface area contributed by atoms with Crippen LogP contribution in [0.15, 0.2) is 60.9 Å². The SMILES string of the molecule is CCN(CC(N)=O)[C@@H](Cc1ccccc1)C(=O)Nc1cc(-c2ccncc2)nn1C.Cl.Cl. The Balaban J connectivity index is 0.00000256. The lowest BCUT2D eigenvalue weighted by molar-refractivity contribution is -0.124. The molecule has 0 aliphatic rings. The van der Waals surface area contributed by atoms with Crippen molar-refractivity contribution in [3.63, 3.8) is 0 Å². The normalized spacial score (nSPS) is 11.2. The van der Waals surface area contributed by atoms with E-state index in [9.17, 15) is 9.59 Å². The van der Waals surface area contributed by atoms with Crippen molar-refractivity contribution in [1.29, 1.82) is 0 Å². The van der Waals surface area contributed by atoms with Gasteiger partial charge in [0, 0.05) is 31.1 Å². The van der Waals surface area contributed by atoms with Crippen LogP contribution in [0.4, 0.5) is 5.82 Å². The molecule has 0 fully saturated rings. The number of amides is 2. The smallest absolute Gasteiger partial charge is 0.243 e. The predicted octanol–water partition coefficient (Wildman–Crippen LogP) is 2.68. The number of aryl methyl sites for hydroxylation is 1. The number of nitrogens with two attached hydrogens (primary N) is 1. The van der Waals surface area contributed by atoms with E-state index < -0.39 is 11.9 Å². The molecule has 32 heavy (non-hydrogen) atoms. The number of primary amides is 1. The van der Waals surface area contributed by atoms with Crippen LogP contribution in [0.3, 0.4) is 0 Å². The van der Waals surface area contributed by atoms with Gasteiger partial charge in [0.1, 0.15) is 5.82 Å². The molecule has 1 atom stereocenters. The van der Waals surface area contributed by atoms with Crippen LogP contribution in [-0.2, 0) is 23.1 Å². The highest BCUT2D eigenvalue weighted by atomic mass is 35.5. The average Bonchev–Trinajstić information content (AvgIpc) is 3.12. The van der Waals surface area contributed by atoms with E-state index in [2.05, 4.69) is 15.4 Å². The monoisotopic (exact) mass is 478 g/mol. The standard InChI is InChI=1S/C22H26N6O2.2ClH/c1-3-28(15-20(23)29)19(13-16-7-5-4-6-8-16)22(30)25-21-14-18(26-27(21)2)17-9-11-24-12-10-17;;/h4-12,14,19H,3,13,15H2,1-2H3,(H2,23,29)(H,25,30);2*1H/t19-;;/m0../s1. The van der Waals surface area contributed by atoms with Gasteiger partial charge in [0.25, 0.3) is 0 Å². The van der Waals surface area contributed by atoms with Crippen LogP contribution in [0.1, 0.15) is 12.5 Å². The number of nitrogens with zero attached hydrogens (tertiary/aromatic N) is 4. The maximum atomic E-state index is 13.2. The molecular formula is C22H28Cl2N6O2. The fraction of sp³-hybridized carbons (Fsp3) is 0.273. The number of aromatic nitrogens is 3. The topological polar surface area (TPSA) is 106 Å². The zero-order chi connectivity index (χ0) is 21.5. The number of carbonyl (C=O) groups is 2. The molecule has 2 amide bonds. The van der Waals surface area contributed by atoms with Crippen LogP contribution in [0, 0.1) is 0 Å². The third-order valence-electron chi connectivity index (χ3n) is 4.89. The Morgan fingerprint density at radius 3 is 2.38 bits per heavy atom. The van der Waals surface area contributed by atoms with E-state index in [4.69, 9.17) is 5.73 Å². The Bertz CT molecular complexity index is 998. The Kier molecular flexibility index (Phi) is 10.8. The van der Waals surface area contributed by atoms with Gasteiger partial charge in [-0.25, -0.2) is 0 Å². The zero-order valence-corrected chi connectivity index (χ0v) is 19.6. The minimum absolute atomic E-state index is 0. The minimum atomic E-state index is -0.552. The lowest BCUT2D eigenvalue weighted by Gasteiger charge is -2.28. The Labute approximate surface area is 200 Å². The van der Waals surface area contributed by atoms with Gasteiger partial charge in [0.15, 0.2) is 0 Å². The Morgan fingerprint density at radius 2 is 1.78 bits per heavy atom. The summed E-state index contributed by atoms with van der Waals surface area (Å²) in [5, 5.41) is 7.44. The number of halogens is 2. The van der Waals surface area contributed by atoms with Crippen LogP contribution >= 0.6 is 24.8 Å². The molecule has 0 aliphatic heterocycles. The summed E-state index contributed by atoms with van der Waals surface area (Å²) in [6.07, 6.45) is 3.85. The van der Waals surface area contributed by atoms with Gasteiger partial charge in [0.2, 0.25) is 11.8 Å². The van der Waals surface area contributed by atoms with Crippen LogP contribution in [0.5, 0.6) is 0 Å². The van der Waals surface area contributed by atoms with Crippen molar-refractivity contribution in [3.05, 3.63) is 66.5 Å². The molecule has 0 saturated carbocycles. The van der Waals surface area contributed by atoms with E-state index >= 15 is 0 Å². The third kappa shape index (κ3) is 7.05. The van der Waals surface area contributed by atoms with Crippen LogP contribution in [0.25, 0.3) is 11.3 Å². The highest BCUT2D eigenvalue weighted by Crippen LogP contribution is 2.21. The summed E-state index contributed by atoms with van der Waals surface area (Å²) in [5.74, 6) is -0.116. The van der Waals surface area contributed by atoms with Crippen molar-refractivity contribution in [3.8, 4) is 11.3 Å². The van der Waals surface area contributed by atoms with Gasteiger partial charge in [0.05, 0.1) is 18.3 Å². The molecule has 0 aliphatic carbocycles. The number of pyridine rings is 1. The van der Waals surface area contributed by atoms with Crippen molar-refractivity contribution in [2.75, 3.05) is 18.4 Å². The molecule has 2 aromatic heterocycles. The minimum Gasteiger partial charge on any atom is -0.369 e. The van der Waals surface area contributed by atoms with Gasteiger partial charge in [-0.15, -0.1) is 24.8 Å². The fourth-order valence-corrected chi connectivity index (χ4v) is 3.33. The van der Waals surface area contributed by atoms with Gasteiger partial charge >= 0.3 is 0 Å². The number of likely N-dealkylation sites (N-methyl/N-ethyl adjacent to an activating group) is 1. The van der Waals surface area contributed by atoms with E-state index in [0.717, 1.165) is 16.8 Å². The summed E-state index contributed by atoms with van der Waals surface area (Å²) in [6.45, 7) is 2.43. The summed E-state index contributed by atoms with van der Waals surface area (Å²) in [4.78, 5) is 30.6. The van der Waals surface area contributed by atoms with Crippen molar-refractivity contribution in [1.82, 2.24) is 19.7 Å². The van der Waals surface area contributed by atoms with Gasteiger partial charge in [-0.2, -0.15) is 5.10 Å². The molecule has 1 aromatic carbocycles. The first-order valence-electron chi connectivity index (χ1n) is 9.79. The maximum absolute atomic E-state index is 13.2. The first kappa shape index (κ1) is 27.1. The van der Waals surface area contributed by atoms with E-state index in [0.29, 0.717) is 18.8 Å². The lowest BCUT2D eigenvalue weighted by atomic mass is 10.0. The van der Waals surface area contributed by atoms with Crippen LogP contribution in [0.2, 0.25) is 0 Å². The predicted molar refractivity (Wildman–Crippen MR) is 130 cm³/mol. The molecule has 0 bridgehead atoms. The largest absolute Gasteiger partial charge is 0.369 e. The number of hydrogen-bond acceptors (Lipinski definition) is 5. The fourth-order valence-electron chi connectivity index (χ4n) is 3.33. The Morgan fingerprint density at radius 1 is 1.12 bits per heavy atom. The summed E-state index contributed by atoms with van der Waals surface area (Å²) in [7, 11) is 1.77. The maximum Gasteiger partial charge on any atom is 0.243 e. The van der Waals surface area contributed by atoms with E-state index in [1.807, 2.05) is 55.5 Å². The van der Waals surface area contributed by atoms with Crippen LogP contribution < -0.4 is 11.1 Å². The van der Waals surface area contributed by atoms with Gasteiger partial charge in [-0.05, 0) is 30.7 Å². The molecule has 2 heterocycles. The molecule has 3 aromatic rings. The number of rotatable bonds is 9. The summed E-state index contributed by atoms with van der Waals surface area (Å²) >= 11 is 0. The second kappa shape index (κ2) is 12.8. The third-order valence-corrected chi connectivity index (χ3v) is 4.89. The van der Waals surface area contributed by atoms with Crippen molar-refractivity contribution in [2.24, 2.45) is 12.8 Å². The number of hydrogen-bond donors (Lipinski definition) is 2. The highest BCUT2D eigenvalue weighted by Gasteiger charge is 2.27. The van der Waals surface area contributed by atoms with Crippen molar-refractivity contribution in [2.45, 2.75) is 19.4 Å². The highest BCUT2D eigenvalue weighted by molar-refractivity contribution is 5.95. The second-order valence-electron chi connectivity index (χ2n) is 7.00. The molecular weight excluding hydrogens is 451 g/mol. The number of anilines is 1. The van der Waals surface area contributed by atoms with E-state index in [1.54, 1.807) is 29.0 Å². The number of carbonyl (C=O) groups excluding carboxylic acids is 2. The van der Waals surface area contributed by atoms with Crippen molar-refractivity contribution < 1.29 is 9.59 Å². The van der Waals surface area contributed by atoms with Gasteiger partial charge in [-0.3, -0.25) is 24.2 Å². The summed E-state index contributed by atoms with van der Waals surface area (Å²) in [6, 6.07) is 14.7. The molecule has 3 N–H and O–H groups in total.